The van der Waals surface area contributed by atoms with E-state index in [1.54, 1.807) is 6.20 Å². The zero-order valence-corrected chi connectivity index (χ0v) is 13.5. The summed E-state index contributed by atoms with van der Waals surface area (Å²) in [6.45, 7) is 9.27. The third-order valence-corrected chi connectivity index (χ3v) is 3.80. The maximum Gasteiger partial charge on any atom is 0.234 e. The first-order valence-corrected chi connectivity index (χ1v) is 8.15. The molecule has 2 rings (SSSR count). The minimum Gasteiger partial charge on any atom is -0.477 e. The summed E-state index contributed by atoms with van der Waals surface area (Å²) < 4.78 is 5.60. The Morgan fingerprint density at radius 2 is 2.24 bits per heavy atom. The van der Waals surface area contributed by atoms with Crippen molar-refractivity contribution in [2.75, 3.05) is 24.6 Å². The molecule has 1 aliphatic rings. The lowest BCUT2D eigenvalue weighted by Gasteiger charge is -2.33. The standard InChI is InChI=1S/C16H28N4O/c1-4-9-21-16-11-17-10-15(19-16)20(13(2)3)12-14-7-5-6-8-18-14/h10-11,13-14,18H,4-9,12H2,1-3H3. The van der Waals surface area contributed by atoms with Crippen LogP contribution in [0.25, 0.3) is 0 Å². The van der Waals surface area contributed by atoms with Crippen molar-refractivity contribution in [3.63, 3.8) is 0 Å². The quantitative estimate of drug-likeness (QED) is 0.837. The molecule has 5 heteroatoms. The Morgan fingerprint density at radius 1 is 1.38 bits per heavy atom. The number of nitrogens with one attached hydrogen (secondary N) is 1. The Labute approximate surface area is 128 Å². The first kappa shape index (κ1) is 16.0. The average Bonchev–Trinajstić information content (AvgIpc) is 2.51. The molecule has 1 N–H and O–H groups in total. The number of anilines is 1. The molecule has 0 radical (unpaired) electrons. The molecule has 1 atom stereocenters. The highest BCUT2D eigenvalue weighted by Crippen LogP contribution is 2.19. The summed E-state index contributed by atoms with van der Waals surface area (Å²) in [4.78, 5) is 11.2. The van der Waals surface area contributed by atoms with Crippen molar-refractivity contribution in [1.29, 1.82) is 0 Å². The molecule has 1 aromatic rings. The minimum absolute atomic E-state index is 0.393. The van der Waals surface area contributed by atoms with Crippen LogP contribution in [-0.2, 0) is 0 Å². The molecule has 1 aliphatic heterocycles. The molecular weight excluding hydrogens is 264 g/mol. The van der Waals surface area contributed by atoms with Crippen molar-refractivity contribution in [3.05, 3.63) is 12.4 Å². The summed E-state index contributed by atoms with van der Waals surface area (Å²) in [5, 5.41) is 3.60. The Morgan fingerprint density at radius 3 is 2.90 bits per heavy atom. The van der Waals surface area contributed by atoms with E-state index in [1.165, 1.54) is 19.3 Å². The van der Waals surface area contributed by atoms with Gasteiger partial charge in [0.25, 0.3) is 0 Å². The zero-order valence-electron chi connectivity index (χ0n) is 13.5. The van der Waals surface area contributed by atoms with Crippen molar-refractivity contribution in [3.8, 4) is 5.88 Å². The third-order valence-electron chi connectivity index (χ3n) is 3.80. The fourth-order valence-electron chi connectivity index (χ4n) is 2.64. The summed E-state index contributed by atoms with van der Waals surface area (Å²) in [5.74, 6) is 1.53. The van der Waals surface area contributed by atoms with E-state index >= 15 is 0 Å². The lowest BCUT2D eigenvalue weighted by atomic mass is 10.0. The molecular formula is C16H28N4O. The fraction of sp³-hybridized carbons (Fsp3) is 0.750. The van der Waals surface area contributed by atoms with E-state index in [0.717, 1.165) is 25.3 Å². The number of rotatable bonds is 7. The van der Waals surface area contributed by atoms with Crippen LogP contribution in [0.15, 0.2) is 12.4 Å². The first-order chi connectivity index (χ1) is 10.2. The number of hydrogen-bond acceptors (Lipinski definition) is 5. The van der Waals surface area contributed by atoms with Crippen LogP contribution >= 0.6 is 0 Å². The van der Waals surface area contributed by atoms with Crippen LogP contribution in [0.2, 0.25) is 0 Å². The highest BCUT2D eigenvalue weighted by molar-refractivity contribution is 5.39. The predicted molar refractivity (Wildman–Crippen MR) is 85.9 cm³/mol. The van der Waals surface area contributed by atoms with Crippen molar-refractivity contribution in [2.45, 2.75) is 58.5 Å². The van der Waals surface area contributed by atoms with E-state index in [-0.39, 0.29) is 0 Å². The summed E-state index contributed by atoms with van der Waals surface area (Å²) in [6.07, 6.45) is 8.35. The van der Waals surface area contributed by atoms with Crippen LogP contribution in [0, 0.1) is 0 Å². The van der Waals surface area contributed by atoms with Crippen LogP contribution in [0.1, 0.15) is 46.5 Å². The molecule has 1 unspecified atom stereocenters. The van der Waals surface area contributed by atoms with Crippen molar-refractivity contribution < 1.29 is 4.74 Å². The van der Waals surface area contributed by atoms with Gasteiger partial charge in [0.2, 0.25) is 5.88 Å². The molecule has 118 valence electrons. The van der Waals surface area contributed by atoms with E-state index in [2.05, 4.69) is 41.0 Å². The molecule has 1 aromatic heterocycles. The van der Waals surface area contributed by atoms with Crippen molar-refractivity contribution in [1.82, 2.24) is 15.3 Å². The Balaban J connectivity index is 2.05. The minimum atomic E-state index is 0.393. The molecule has 0 aliphatic carbocycles. The number of nitrogens with zero attached hydrogens (tertiary/aromatic N) is 3. The van der Waals surface area contributed by atoms with Gasteiger partial charge in [0.05, 0.1) is 19.0 Å². The zero-order chi connectivity index (χ0) is 15.1. The summed E-state index contributed by atoms with van der Waals surface area (Å²) in [6, 6.07) is 0.938. The first-order valence-electron chi connectivity index (χ1n) is 8.15. The van der Waals surface area contributed by atoms with Crippen molar-refractivity contribution in [2.24, 2.45) is 0 Å². The SMILES string of the molecule is CCCOc1cncc(N(CC2CCCCN2)C(C)C)n1. The number of hydrogen-bond donors (Lipinski definition) is 1. The molecule has 0 spiro atoms. The molecule has 0 bridgehead atoms. The normalized spacial score (nSPS) is 18.8. The molecule has 21 heavy (non-hydrogen) atoms. The smallest absolute Gasteiger partial charge is 0.234 e. The summed E-state index contributed by atoms with van der Waals surface area (Å²) in [5.41, 5.74) is 0. The predicted octanol–water partition coefficient (Wildman–Crippen LogP) is 2.62. The van der Waals surface area contributed by atoms with Gasteiger partial charge in [-0.2, -0.15) is 4.98 Å². The number of piperidine rings is 1. The third kappa shape index (κ3) is 4.84. The second-order valence-corrected chi connectivity index (χ2v) is 5.96. The van der Waals surface area contributed by atoms with Gasteiger partial charge in [-0.3, -0.25) is 4.98 Å². The molecule has 0 amide bonds. The van der Waals surface area contributed by atoms with Crippen molar-refractivity contribution >= 4 is 5.82 Å². The van der Waals surface area contributed by atoms with Gasteiger partial charge in [-0.25, -0.2) is 0 Å². The fourth-order valence-corrected chi connectivity index (χ4v) is 2.64. The highest BCUT2D eigenvalue weighted by Gasteiger charge is 2.20. The van der Waals surface area contributed by atoms with E-state index in [0.29, 0.717) is 24.6 Å². The second kappa shape index (κ2) is 8.17. The van der Waals surface area contributed by atoms with Crippen LogP contribution in [0.3, 0.4) is 0 Å². The lowest BCUT2D eigenvalue weighted by molar-refractivity contribution is 0.303. The molecule has 2 heterocycles. The van der Waals surface area contributed by atoms with Gasteiger partial charge in [-0.1, -0.05) is 13.3 Å². The van der Waals surface area contributed by atoms with E-state index in [1.807, 2.05) is 6.20 Å². The summed E-state index contributed by atoms with van der Waals surface area (Å²) >= 11 is 0. The molecule has 1 fully saturated rings. The molecule has 1 saturated heterocycles. The highest BCUT2D eigenvalue weighted by atomic mass is 16.5. The van der Waals surface area contributed by atoms with E-state index in [4.69, 9.17) is 4.74 Å². The maximum absolute atomic E-state index is 5.60. The molecule has 0 aromatic carbocycles. The van der Waals surface area contributed by atoms with Gasteiger partial charge >= 0.3 is 0 Å². The van der Waals surface area contributed by atoms with Crippen LogP contribution < -0.4 is 15.0 Å². The van der Waals surface area contributed by atoms with E-state index in [9.17, 15) is 0 Å². The monoisotopic (exact) mass is 292 g/mol. The largest absolute Gasteiger partial charge is 0.477 e. The van der Waals surface area contributed by atoms with Gasteiger partial charge in [-0.15, -0.1) is 0 Å². The van der Waals surface area contributed by atoms with Gasteiger partial charge in [0, 0.05) is 18.6 Å². The van der Waals surface area contributed by atoms with Gasteiger partial charge in [-0.05, 0) is 39.7 Å². The Kier molecular flexibility index (Phi) is 6.23. The van der Waals surface area contributed by atoms with Gasteiger partial charge in [0.15, 0.2) is 5.82 Å². The van der Waals surface area contributed by atoms with Gasteiger partial charge < -0.3 is 15.0 Å². The molecule has 5 nitrogen and oxygen atoms in total. The Bertz CT molecular complexity index is 418. The lowest BCUT2D eigenvalue weighted by Crippen LogP contribution is -2.46. The second-order valence-electron chi connectivity index (χ2n) is 5.96. The topological polar surface area (TPSA) is 50.3 Å². The van der Waals surface area contributed by atoms with Gasteiger partial charge in [0.1, 0.15) is 0 Å². The van der Waals surface area contributed by atoms with Crippen LogP contribution in [0.5, 0.6) is 5.88 Å². The van der Waals surface area contributed by atoms with Crippen LogP contribution in [-0.4, -0.2) is 41.7 Å². The van der Waals surface area contributed by atoms with E-state index < -0.39 is 0 Å². The number of ether oxygens (including phenoxy) is 1. The summed E-state index contributed by atoms with van der Waals surface area (Å²) in [7, 11) is 0. The Hall–Kier alpha value is -1.36. The average molecular weight is 292 g/mol. The molecule has 0 saturated carbocycles. The number of aromatic nitrogens is 2. The van der Waals surface area contributed by atoms with Crippen LogP contribution in [0.4, 0.5) is 5.82 Å². The maximum atomic E-state index is 5.60.